The number of nitrogens with zero attached hydrogens (tertiary/aromatic N) is 3. The largest absolute Gasteiger partial charge is 0.496 e. The summed E-state index contributed by atoms with van der Waals surface area (Å²) in [5, 5.41) is 10.2. The summed E-state index contributed by atoms with van der Waals surface area (Å²) >= 11 is 6.04. The fourth-order valence-electron chi connectivity index (χ4n) is 2.50. The molecule has 0 amide bonds. The van der Waals surface area contributed by atoms with Crippen molar-refractivity contribution in [1.29, 1.82) is 0 Å². The Balaban J connectivity index is 1.95. The lowest BCUT2D eigenvalue weighted by Crippen LogP contribution is -2.13. The molecular weight excluding hydrogens is 405 g/mol. The van der Waals surface area contributed by atoms with E-state index < -0.39 is 15.5 Å². The molecule has 0 radical (unpaired) electrons. The van der Waals surface area contributed by atoms with E-state index in [2.05, 4.69) is 20.3 Å². The smallest absolute Gasteiger partial charge is 0.135 e. The Morgan fingerprint density at radius 3 is 2.71 bits per heavy atom. The highest BCUT2D eigenvalue weighted by Gasteiger charge is 2.10. The summed E-state index contributed by atoms with van der Waals surface area (Å²) in [4.78, 5) is 12.5. The van der Waals surface area contributed by atoms with E-state index in [9.17, 15) is 8.60 Å². The number of pyridine rings is 1. The Kier molecular flexibility index (Phi) is 5.78. The fourth-order valence-corrected chi connectivity index (χ4v) is 3.39. The van der Waals surface area contributed by atoms with Crippen LogP contribution < -0.4 is 15.2 Å². The van der Waals surface area contributed by atoms with Gasteiger partial charge in [-0.2, -0.15) is 0 Å². The van der Waals surface area contributed by atoms with Gasteiger partial charge in [-0.3, -0.25) is 9.35 Å². The van der Waals surface area contributed by atoms with Gasteiger partial charge in [-0.05, 0) is 29.8 Å². The van der Waals surface area contributed by atoms with Crippen LogP contribution in [0.3, 0.4) is 0 Å². The quantitative estimate of drug-likeness (QED) is 0.485. The third-order valence-corrected chi connectivity index (χ3v) is 4.48. The van der Waals surface area contributed by atoms with E-state index in [0.29, 0.717) is 34.2 Å². The topological polar surface area (TPSA) is 103 Å². The first-order valence-corrected chi connectivity index (χ1v) is 10.4. The lowest BCUT2D eigenvalue weighted by Gasteiger charge is -2.10. The molecule has 1 atom stereocenters. The van der Waals surface area contributed by atoms with E-state index in [0.717, 1.165) is 0 Å². The summed E-state index contributed by atoms with van der Waals surface area (Å²) in [6, 6.07) is 9.03. The number of anilines is 2. The van der Waals surface area contributed by atoms with E-state index in [1.165, 1.54) is 37.2 Å². The maximum atomic E-state index is 13.4. The molecule has 0 aliphatic carbocycles. The van der Waals surface area contributed by atoms with Crippen molar-refractivity contribution in [3.8, 4) is 17.0 Å². The average Bonchev–Trinajstić information content (AvgIpc) is 2.59. The van der Waals surface area contributed by atoms with Crippen LogP contribution in [-0.2, 0) is 9.71 Å². The fraction of sp³-hybridized carbons (Fsp3) is 0.111. The van der Waals surface area contributed by atoms with Gasteiger partial charge in [0.2, 0.25) is 0 Å². The summed E-state index contributed by atoms with van der Waals surface area (Å²) in [7, 11) is -1.14. The van der Waals surface area contributed by atoms with Gasteiger partial charge in [-0.1, -0.05) is 11.6 Å². The van der Waals surface area contributed by atoms with Crippen LogP contribution >= 0.6 is 11.6 Å². The van der Waals surface area contributed by atoms with E-state index >= 15 is 0 Å². The number of rotatable bonds is 5. The van der Waals surface area contributed by atoms with Crippen LogP contribution in [0, 0.1) is 5.82 Å². The minimum Gasteiger partial charge on any atom is -0.496 e. The van der Waals surface area contributed by atoms with Gasteiger partial charge in [0.05, 0.1) is 12.8 Å². The zero-order chi connectivity index (χ0) is 20.3. The van der Waals surface area contributed by atoms with Crippen LogP contribution in [0.2, 0.25) is 5.15 Å². The Labute approximate surface area is 166 Å². The van der Waals surface area contributed by atoms with Gasteiger partial charge in [0.1, 0.15) is 34.7 Å². The van der Waals surface area contributed by atoms with Crippen LogP contribution in [0.25, 0.3) is 11.3 Å². The number of aromatic nitrogens is 3. The molecule has 2 heterocycles. The standard InChI is InChI=1S/C18H17ClFN5O2S/c1-27-15-7-12(20)3-4-13(15)14-8-17(23-10-22-14)25-18-6-11(5-16(19)24-18)9-28(2,21)26/h3-10H,1-2H3,(H2,21,26)(H,22,23,24,25). The molecular formula is C18H17ClFN5O2S. The van der Waals surface area contributed by atoms with Gasteiger partial charge in [0.15, 0.2) is 0 Å². The summed E-state index contributed by atoms with van der Waals surface area (Å²) in [6.45, 7) is 0. The highest BCUT2D eigenvalue weighted by atomic mass is 35.5. The van der Waals surface area contributed by atoms with Crippen LogP contribution in [0.1, 0.15) is 5.56 Å². The van der Waals surface area contributed by atoms with Crippen molar-refractivity contribution in [3.05, 3.63) is 59.3 Å². The molecule has 0 fully saturated rings. The third-order valence-electron chi connectivity index (χ3n) is 3.55. The number of ether oxygens (including phenoxy) is 1. The molecule has 28 heavy (non-hydrogen) atoms. The van der Waals surface area contributed by atoms with Crippen molar-refractivity contribution in [3.63, 3.8) is 0 Å². The number of hydrogen-bond donors (Lipinski definition) is 2. The van der Waals surface area contributed by atoms with Crippen LogP contribution in [-0.4, -0.2) is 37.9 Å². The maximum Gasteiger partial charge on any atom is 0.135 e. The number of nitrogens with one attached hydrogen (secondary N) is 1. The first kappa shape index (κ1) is 20.0. The summed E-state index contributed by atoms with van der Waals surface area (Å²) in [5.74, 6) is 0.760. The molecule has 2 aromatic heterocycles. The van der Waals surface area contributed by atoms with Gasteiger partial charge >= 0.3 is 0 Å². The van der Waals surface area contributed by atoms with E-state index in [-0.39, 0.29) is 5.15 Å². The molecule has 0 spiro atoms. The molecule has 7 nitrogen and oxygen atoms in total. The lowest BCUT2D eigenvalue weighted by molar-refractivity contribution is 0.413. The highest BCUT2D eigenvalue weighted by molar-refractivity contribution is 7.98. The number of halogens is 2. The SMILES string of the molecule is COc1cc(F)ccc1-c1cc(Nc2cc(C=S(C)(N)=O)cc(Cl)n2)ncn1. The number of nitrogens with two attached hydrogens (primary N) is 1. The summed E-state index contributed by atoms with van der Waals surface area (Å²) < 4.78 is 30.5. The molecule has 0 aliphatic heterocycles. The van der Waals surface area contributed by atoms with E-state index in [1.54, 1.807) is 24.3 Å². The molecule has 1 unspecified atom stereocenters. The molecule has 1 aromatic carbocycles. The van der Waals surface area contributed by atoms with Crippen molar-refractivity contribution in [2.45, 2.75) is 0 Å². The lowest BCUT2D eigenvalue weighted by atomic mass is 10.1. The van der Waals surface area contributed by atoms with Crippen molar-refractivity contribution in [2.24, 2.45) is 5.14 Å². The molecule has 146 valence electrons. The number of methoxy groups -OCH3 is 1. The Morgan fingerprint density at radius 1 is 1.21 bits per heavy atom. The van der Waals surface area contributed by atoms with Crippen LogP contribution in [0.4, 0.5) is 16.0 Å². The zero-order valence-electron chi connectivity index (χ0n) is 15.0. The molecule has 0 saturated heterocycles. The van der Waals surface area contributed by atoms with E-state index in [4.69, 9.17) is 21.5 Å². The molecule has 3 N–H and O–H groups in total. The van der Waals surface area contributed by atoms with Crippen molar-refractivity contribution < 1.29 is 13.3 Å². The Morgan fingerprint density at radius 2 is 2.00 bits per heavy atom. The van der Waals surface area contributed by atoms with Crippen molar-refractivity contribution in [1.82, 2.24) is 15.0 Å². The minimum absolute atomic E-state index is 0.203. The predicted molar refractivity (Wildman–Crippen MR) is 110 cm³/mol. The molecule has 10 heteroatoms. The summed E-state index contributed by atoms with van der Waals surface area (Å²) in [5.41, 5.74) is 1.70. The first-order chi connectivity index (χ1) is 13.2. The van der Waals surface area contributed by atoms with Gasteiger partial charge < -0.3 is 10.1 Å². The monoisotopic (exact) mass is 421 g/mol. The Hall–Kier alpha value is -2.75. The highest BCUT2D eigenvalue weighted by Crippen LogP contribution is 2.30. The van der Waals surface area contributed by atoms with E-state index in [1.807, 2.05) is 0 Å². The second-order valence-electron chi connectivity index (χ2n) is 5.95. The van der Waals surface area contributed by atoms with Gasteiger partial charge in [0.25, 0.3) is 0 Å². The van der Waals surface area contributed by atoms with Crippen LogP contribution in [0.5, 0.6) is 5.75 Å². The second kappa shape index (κ2) is 8.09. The van der Waals surface area contributed by atoms with Crippen molar-refractivity contribution >= 4 is 38.3 Å². The van der Waals surface area contributed by atoms with Gasteiger partial charge in [-0.15, -0.1) is 0 Å². The zero-order valence-corrected chi connectivity index (χ0v) is 16.6. The second-order valence-corrected chi connectivity index (χ2v) is 8.51. The molecule has 0 saturated carbocycles. The molecule has 0 aliphatic rings. The van der Waals surface area contributed by atoms with Gasteiger partial charge in [-0.25, -0.2) is 19.3 Å². The number of hydrogen-bond acceptors (Lipinski definition) is 6. The predicted octanol–water partition coefficient (Wildman–Crippen LogP) is 3.02. The van der Waals surface area contributed by atoms with Crippen molar-refractivity contribution in [2.75, 3.05) is 18.7 Å². The van der Waals surface area contributed by atoms with Gasteiger partial charge in [0, 0.05) is 39.0 Å². The normalized spacial score (nSPS) is 12.9. The first-order valence-electron chi connectivity index (χ1n) is 7.96. The van der Waals surface area contributed by atoms with Crippen LogP contribution in [0.15, 0.2) is 42.7 Å². The Bertz CT molecular complexity index is 1140. The maximum absolute atomic E-state index is 13.4. The number of benzene rings is 1. The summed E-state index contributed by atoms with van der Waals surface area (Å²) in [6.07, 6.45) is 2.78. The molecule has 3 aromatic rings. The molecule has 0 bridgehead atoms. The third kappa shape index (κ3) is 5.16. The average molecular weight is 422 g/mol. The molecule has 3 rings (SSSR count). The minimum atomic E-state index is -2.60.